The molecule has 0 unspecified atom stereocenters. The van der Waals surface area contributed by atoms with E-state index in [0.29, 0.717) is 30.1 Å². The molecule has 6 nitrogen and oxygen atoms in total. The Morgan fingerprint density at radius 3 is 2.67 bits per heavy atom. The van der Waals surface area contributed by atoms with E-state index in [0.717, 1.165) is 12.8 Å². The third kappa shape index (κ3) is 2.86. The van der Waals surface area contributed by atoms with Crippen molar-refractivity contribution in [2.45, 2.75) is 44.4 Å². The number of ether oxygens (including phenoxy) is 2. The van der Waals surface area contributed by atoms with E-state index in [1.54, 1.807) is 24.3 Å². The summed E-state index contributed by atoms with van der Waals surface area (Å²) in [6.07, 6.45) is 3.20. The largest absolute Gasteiger partial charge is 0.497 e. The number of nitrogens with zero attached hydrogens (tertiary/aromatic N) is 1. The number of carboxylic acid groups (broad SMARTS) is 1. The maximum atomic E-state index is 13.1. The zero-order valence-corrected chi connectivity index (χ0v) is 14.0. The van der Waals surface area contributed by atoms with Gasteiger partial charge in [-0.05, 0) is 49.8 Å². The molecule has 6 heteroatoms. The summed E-state index contributed by atoms with van der Waals surface area (Å²) in [6.45, 7) is 2.21. The molecule has 2 fully saturated rings. The predicted molar refractivity (Wildman–Crippen MR) is 86.9 cm³/mol. The summed E-state index contributed by atoms with van der Waals surface area (Å²) in [5.74, 6) is -0.203. The van der Waals surface area contributed by atoms with E-state index < -0.39 is 17.7 Å². The van der Waals surface area contributed by atoms with Gasteiger partial charge in [-0.15, -0.1) is 0 Å². The lowest BCUT2D eigenvalue weighted by molar-refractivity contribution is -0.143. The number of carbonyl (C=O) groups is 2. The molecule has 1 saturated carbocycles. The number of amides is 1. The molecule has 1 heterocycles. The van der Waals surface area contributed by atoms with Crippen molar-refractivity contribution in [1.82, 2.24) is 4.90 Å². The summed E-state index contributed by atoms with van der Waals surface area (Å²) < 4.78 is 11.1. The molecule has 1 N–H and O–H groups in total. The van der Waals surface area contributed by atoms with E-state index in [1.807, 2.05) is 0 Å². The molecular formula is C18H23NO5. The number of carboxylic acids is 1. The molecule has 130 valence electrons. The van der Waals surface area contributed by atoms with Crippen LogP contribution in [0.1, 0.15) is 43.0 Å². The van der Waals surface area contributed by atoms with Gasteiger partial charge in [-0.25, -0.2) is 4.79 Å². The van der Waals surface area contributed by atoms with Crippen molar-refractivity contribution in [2.24, 2.45) is 5.92 Å². The summed E-state index contributed by atoms with van der Waals surface area (Å²) >= 11 is 0. The Balaban J connectivity index is 1.95. The molecule has 1 aliphatic heterocycles. The van der Waals surface area contributed by atoms with Crippen molar-refractivity contribution >= 4 is 11.9 Å². The number of carbonyl (C=O) groups excluding carboxylic acids is 1. The fourth-order valence-corrected chi connectivity index (χ4v) is 3.66. The minimum atomic E-state index is -1.03. The van der Waals surface area contributed by atoms with Crippen LogP contribution >= 0.6 is 0 Å². The van der Waals surface area contributed by atoms with Gasteiger partial charge in [-0.3, -0.25) is 9.69 Å². The van der Waals surface area contributed by atoms with Crippen LogP contribution in [-0.4, -0.2) is 47.4 Å². The van der Waals surface area contributed by atoms with E-state index in [1.165, 1.54) is 12.0 Å². The second-order valence-corrected chi connectivity index (χ2v) is 6.70. The Morgan fingerprint density at radius 2 is 2.04 bits per heavy atom. The van der Waals surface area contributed by atoms with Crippen molar-refractivity contribution in [2.75, 3.05) is 13.7 Å². The Morgan fingerprint density at radius 1 is 1.33 bits per heavy atom. The van der Waals surface area contributed by atoms with Crippen molar-refractivity contribution in [1.29, 1.82) is 0 Å². The minimum absolute atomic E-state index is 0.0411. The van der Waals surface area contributed by atoms with E-state index in [2.05, 4.69) is 6.92 Å². The first-order chi connectivity index (χ1) is 11.5. The van der Waals surface area contributed by atoms with Crippen LogP contribution in [0, 0.1) is 5.92 Å². The fourth-order valence-electron chi connectivity index (χ4n) is 3.66. The lowest BCUT2D eigenvalue weighted by Crippen LogP contribution is -2.55. The molecule has 3 rings (SSSR count). The number of hydrogen-bond donors (Lipinski definition) is 1. The summed E-state index contributed by atoms with van der Waals surface area (Å²) in [5.41, 5.74) is -0.375. The molecule has 1 aromatic rings. The lowest BCUT2D eigenvalue weighted by atomic mass is 9.83. The predicted octanol–water partition coefficient (Wildman–Crippen LogP) is 2.53. The highest BCUT2D eigenvalue weighted by Crippen LogP contribution is 2.43. The van der Waals surface area contributed by atoms with Gasteiger partial charge in [0.05, 0.1) is 13.7 Å². The second kappa shape index (κ2) is 6.43. The van der Waals surface area contributed by atoms with Crippen LogP contribution in [0.5, 0.6) is 5.75 Å². The monoisotopic (exact) mass is 333 g/mol. The second-order valence-electron chi connectivity index (χ2n) is 6.70. The molecule has 0 radical (unpaired) electrons. The molecule has 0 bridgehead atoms. The first kappa shape index (κ1) is 16.8. The van der Waals surface area contributed by atoms with Gasteiger partial charge in [-0.2, -0.15) is 0 Å². The summed E-state index contributed by atoms with van der Waals surface area (Å²) in [4.78, 5) is 26.2. The number of benzene rings is 1. The summed E-state index contributed by atoms with van der Waals surface area (Å²) in [6, 6.07) is 5.86. The minimum Gasteiger partial charge on any atom is -0.497 e. The molecule has 1 aromatic carbocycles. The topological polar surface area (TPSA) is 76.1 Å². The molecule has 1 spiro atoms. The molecule has 1 amide bonds. The van der Waals surface area contributed by atoms with Gasteiger partial charge in [-0.1, -0.05) is 13.0 Å². The maximum Gasteiger partial charge on any atom is 0.328 e. The first-order valence-corrected chi connectivity index (χ1v) is 8.31. The zero-order valence-electron chi connectivity index (χ0n) is 14.0. The average Bonchev–Trinajstić information content (AvgIpc) is 2.96. The first-order valence-electron chi connectivity index (χ1n) is 8.31. The van der Waals surface area contributed by atoms with Crippen molar-refractivity contribution < 1.29 is 24.2 Å². The van der Waals surface area contributed by atoms with Gasteiger partial charge in [0, 0.05) is 5.56 Å². The van der Waals surface area contributed by atoms with Gasteiger partial charge >= 0.3 is 5.97 Å². The van der Waals surface area contributed by atoms with Gasteiger partial charge in [0.2, 0.25) is 0 Å². The molecule has 2 aliphatic rings. The summed E-state index contributed by atoms with van der Waals surface area (Å²) in [7, 11) is 1.53. The summed E-state index contributed by atoms with van der Waals surface area (Å²) in [5, 5.41) is 9.55. The SMILES string of the molecule is COc1cccc(C(=O)N2[C@H](C(=O)O)COC23CCC(C)CC3)c1. The third-order valence-electron chi connectivity index (χ3n) is 5.14. The average molecular weight is 333 g/mol. The Kier molecular flexibility index (Phi) is 4.49. The van der Waals surface area contributed by atoms with Crippen molar-refractivity contribution in [3.05, 3.63) is 29.8 Å². The van der Waals surface area contributed by atoms with Gasteiger partial charge in [0.25, 0.3) is 5.91 Å². The van der Waals surface area contributed by atoms with Gasteiger partial charge in [0.1, 0.15) is 11.5 Å². The smallest absolute Gasteiger partial charge is 0.328 e. The molecule has 0 aromatic heterocycles. The highest BCUT2D eigenvalue weighted by Gasteiger charge is 2.53. The normalized spacial score (nSPS) is 29.7. The number of aliphatic carboxylic acids is 1. The van der Waals surface area contributed by atoms with Crippen LogP contribution < -0.4 is 4.74 Å². The Hall–Kier alpha value is -2.08. The number of hydrogen-bond acceptors (Lipinski definition) is 4. The quantitative estimate of drug-likeness (QED) is 0.920. The van der Waals surface area contributed by atoms with E-state index in [-0.39, 0.29) is 12.5 Å². The van der Waals surface area contributed by atoms with Crippen molar-refractivity contribution in [3.63, 3.8) is 0 Å². The van der Waals surface area contributed by atoms with Crippen LogP contribution in [-0.2, 0) is 9.53 Å². The Labute approximate surface area is 141 Å². The maximum absolute atomic E-state index is 13.1. The van der Waals surface area contributed by atoms with Crippen LogP contribution in [0.25, 0.3) is 0 Å². The van der Waals surface area contributed by atoms with Gasteiger partial charge < -0.3 is 14.6 Å². The standard InChI is InChI=1S/C18H23NO5/c1-12-6-8-18(9-7-12)19(15(11-24-18)17(21)22)16(20)13-4-3-5-14(10-13)23-2/h3-5,10,12,15H,6-9,11H2,1-2H3,(H,21,22)/t12?,15-,18?/m0/s1. The van der Waals surface area contributed by atoms with Crippen LogP contribution in [0.4, 0.5) is 0 Å². The Bertz CT molecular complexity index is 636. The molecule has 24 heavy (non-hydrogen) atoms. The van der Waals surface area contributed by atoms with E-state index in [4.69, 9.17) is 9.47 Å². The van der Waals surface area contributed by atoms with Crippen molar-refractivity contribution in [3.8, 4) is 5.75 Å². The molecular weight excluding hydrogens is 310 g/mol. The molecule has 1 saturated heterocycles. The molecule has 1 aliphatic carbocycles. The third-order valence-corrected chi connectivity index (χ3v) is 5.14. The van der Waals surface area contributed by atoms with E-state index >= 15 is 0 Å². The van der Waals surface area contributed by atoms with Gasteiger partial charge in [0.15, 0.2) is 6.04 Å². The van der Waals surface area contributed by atoms with E-state index in [9.17, 15) is 14.7 Å². The van der Waals surface area contributed by atoms with Crippen LogP contribution in [0.15, 0.2) is 24.3 Å². The number of rotatable bonds is 3. The zero-order chi connectivity index (χ0) is 17.3. The molecule has 1 atom stereocenters. The highest BCUT2D eigenvalue weighted by molar-refractivity contribution is 5.97. The van der Waals surface area contributed by atoms with Crippen LogP contribution in [0.2, 0.25) is 0 Å². The highest BCUT2D eigenvalue weighted by atomic mass is 16.5. The fraction of sp³-hybridized carbons (Fsp3) is 0.556. The van der Waals surface area contributed by atoms with Crippen LogP contribution in [0.3, 0.4) is 0 Å². The lowest BCUT2D eigenvalue weighted by Gasteiger charge is -2.42. The number of methoxy groups -OCH3 is 1.